The van der Waals surface area contributed by atoms with Crippen LogP contribution in [-0.4, -0.2) is 13.1 Å². The van der Waals surface area contributed by atoms with Gasteiger partial charge in [0.2, 0.25) is 0 Å². The van der Waals surface area contributed by atoms with Crippen molar-refractivity contribution in [1.82, 2.24) is 5.32 Å². The lowest BCUT2D eigenvalue weighted by Crippen LogP contribution is -2.19. The average Bonchev–Trinajstić information content (AvgIpc) is 3.00. The second kappa shape index (κ2) is 5.22. The van der Waals surface area contributed by atoms with E-state index in [1.807, 2.05) is 0 Å². The SMILES string of the molecule is CCCc1ccc(C2(C)CC2CNCC)cc1. The molecule has 1 heteroatoms. The molecule has 2 rings (SSSR count). The minimum atomic E-state index is 0.437. The van der Waals surface area contributed by atoms with Crippen molar-refractivity contribution >= 4 is 0 Å². The third-order valence-corrected chi connectivity index (χ3v) is 4.20. The van der Waals surface area contributed by atoms with Crippen LogP contribution in [0.4, 0.5) is 0 Å². The number of nitrogens with one attached hydrogen (secondary N) is 1. The summed E-state index contributed by atoms with van der Waals surface area (Å²) in [5.74, 6) is 0.833. The summed E-state index contributed by atoms with van der Waals surface area (Å²) in [4.78, 5) is 0. The zero-order chi connectivity index (χ0) is 12.3. The summed E-state index contributed by atoms with van der Waals surface area (Å²) in [5.41, 5.74) is 3.44. The molecule has 17 heavy (non-hydrogen) atoms. The lowest BCUT2D eigenvalue weighted by Gasteiger charge is -2.13. The van der Waals surface area contributed by atoms with Crippen LogP contribution in [0.15, 0.2) is 24.3 Å². The molecule has 1 fully saturated rings. The van der Waals surface area contributed by atoms with Crippen LogP contribution in [0.2, 0.25) is 0 Å². The fourth-order valence-corrected chi connectivity index (χ4v) is 2.76. The number of aryl methyl sites for hydroxylation is 1. The van der Waals surface area contributed by atoms with Crippen LogP contribution in [0.1, 0.15) is 44.7 Å². The van der Waals surface area contributed by atoms with Crippen molar-refractivity contribution in [2.24, 2.45) is 5.92 Å². The molecule has 94 valence electrons. The molecule has 0 amide bonds. The number of hydrogen-bond acceptors (Lipinski definition) is 1. The monoisotopic (exact) mass is 231 g/mol. The van der Waals surface area contributed by atoms with Crippen LogP contribution in [0.5, 0.6) is 0 Å². The van der Waals surface area contributed by atoms with Gasteiger partial charge in [-0.25, -0.2) is 0 Å². The fraction of sp³-hybridized carbons (Fsp3) is 0.625. The fourth-order valence-electron chi connectivity index (χ4n) is 2.76. The van der Waals surface area contributed by atoms with Gasteiger partial charge in [-0.15, -0.1) is 0 Å². The Kier molecular flexibility index (Phi) is 3.88. The summed E-state index contributed by atoms with van der Waals surface area (Å²) in [5, 5.41) is 3.47. The molecule has 0 bridgehead atoms. The molecule has 1 saturated carbocycles. The highest BCUT2D eigenvalue weighted by atomic mass is 14.9. The maximum absolute atomic E-state index is 3.47. The molecule has 1 aliphatic carbocycles. The van der Waals surface area contributed by atoms with E-state index in [1.54, 1.807) is 0 Å². The molecule has 0 aliphatic heterocycles. The predicted molar refractivity (Wildman–Crippen MR) is 74.4 cm³/mol. The Hall–Kier alpha value is -0.820. The van der Waals surface area contributed by atoms with Gasteiger partial charge in [0.05, 0.1) is 0 Å². The van der Waals surface area contributed by atoms with Crippen molar-refractivity contribution in [2.75, 3.05) is 13.1 Å². The van der Waals surface area contributed by atoms with Gasteiger partial charge in [0.25, 0.3) is 0 Å². The second-order valence-electron chi connectivity index (χ2n) is 5.57. The molecular formula is C16H25N. The van der Waals surface area contributed by atoms with Crippen LogP contribution >= 0.6 is 0 Å². The number of rotatable bonds is 6. The number of benzene rings is 1. The van der Waals surface area contributed by atoms with Gasteiger partial charge in [-0.1, -0.05) is 51.5 Å². The molecule has 0 heterocycles. The largest absolute Gasteiger partial charge is 0.317 e. The molecule has 0 spiro atoms. The maximum atomic E-state index is 3.47. The van der Waals surface area contributed by atoms with Gasteiger partial charge in [-0.2, -0.15) is 0 Å². The van der Waals surface area contributed by atoms with E-state index >= 15 is 0 Å². The van der Waals surface area contributed by atoms with Gasteiger partial charge in [-0.3, -0.25) is 0 Å². The first kappa shape index (κ1) is 12.6. The molecule has 0 radical (unpaired) electrons. The minimum absolute atomic E-state index is 0.437. The van der Waals surface area contributed by atoms with Crippen LogP contribution in [0.3, 0.4) is 0 Å². The molecule has 1 aliphatic rings. The predicted octanol–water partition coefficient (Wildman–Crippen LogP) is 3.53. The van der Waals surface area contributed by atoms with Crippen LogP contribution < -0.4 is 5.32 Å². The first-order chi connectivity index (χ1) is 8.20. The molecule has 2 unspecified atom stereocenters. The molecule has 1 N–H and O–H groups in total. The Morgan fingerprint density at radius 3 is 2.53 bits per heavy atom. The van der Waals surface area contributed by atoms with Crippen molar-refractivity contribution < 1.29 is 0 Å². The lowest BCUT2D eigenvalue weighted by molar-refractivity contribution is 0.591. The Morgan fingerprint density at radius 2 is 1.94 bits per heavy atom. The van der Waals surface area contributed by atoms with Crippen LogP contribution in [0, 0.1) is 5.92 Å². The van der Waals surface area contributed by atoms with E-state index in [0.29, 0.717) is 5.41 Å². The molecule has 1 aromatic carbocycles. The third-order valence-electron chi connectivity index (χ3n) is 4.20. The van der Waals surface area contributed by atoms with Crippen LogP contribution in [0.25, 0.3) is 0 Å². The van der Waals surface area contributed by atoms with E-state index in [0.717, 1.165) is 12.5 Å². The summed E-state index contributed by atoms with van der Waals surface area (Å²) < 4.78 is 0. The van der Waals surface area contributed by atoms with Gasteiger partial charge >= 0.3 is 0 Å². The quantitative estimate of drug-likeness (QED) is 0.790. The Labute approximate surface area is 106 Å². The summed E-state index contributed by atoms with van der Waals surface area (Å²) in [6, 6.07) is 9.31. The Balaban J connectivity index is 1.98. The van der Waals surface area contributed by atoms with E-state index in [-0.39, 0.29) is 0 Å². The van der Waals surface area contributed by atoms with E-state index in [9.17, 15) is 0 Å². The van der Waals surface area contributed by atoms with E-state index < -0.39 is 0 Å². The highest BCUT2D eigenvalue weighted by molar-refractivity contribution is 5.35. The van der Waals surface area contributed by atoms with Gasteiger partial charge < -0.3 is 5.32 Å². The first-order valence-electron chi connectivity index (χ1n) is 7.00. The standard InChI is InChI=1S/C16H25N/c1-4-6-13-7-9-14(10-8-13)16(3)11-15(16)12-17-5-2/h7-10,15,17H,4-6,11-12H2,1-3H3. The number of hydrogen-bond donors (Lipinski definition) is 1. The molecule has 0 saturated heterocycles. The topological polar surface area (TPSA) is 12.0 Å². The molecule has 1 aromatic rings. The van der Waals surface area contributed by atoms with Gasteiger partial charge in [0.15, 0.2) is 0 Å². The molecule has 2 atom stereocenters. The zero-order valence-electron chi connectivity index (χ0n) is 11.4. The molecule has 1 nitrogen and oxygen atoms in total. The van der Waals surface area contributed by atoms with E-state index in [1.165, 1.54) is 36.9 Å². The maximum Gasteiger partial charge on any atom is -0.00119 e. The molecule has 0 aromatic heterocycles. The zero-order valence-corrected chi connectivity index (χ0v) is 11.4. The Morgan fingerprint density at radius 1 is 1.24 bits per heavy atom. The van der Waals surface area contributed by atoms with Crippen molar-refractivity contribution in [2.45, 2.75) is 45.4 Å². The Bertz CT molecular complexity index is 354. The van der Waals surface area contributed by atoms with Crippen molar-refractivity contribution in [1.29, 1.82) is 0 Å². The van der Waals surface area contributed by atoms with Gasteiger partial charge in [0.1, 0.15) is 0 Å². The van der Waals surface area contributed by atoms with E-state index in [4.69, 9.17) is 0 Å². The summed E-state index contributed by atoms with van der Waals surface area (Å²) in [6.45, 7) is 9.08. The minimum Gasteiger partial charge on any atom is -0.317 e. The highest BCUT2D eigenvalue weighted by Crippen LogP contribution is 2.53. The second-order valence-corrected chi connectivity index (χ2v) is 5.57. The third kappa shape index (κ3) is 2.71. The molecular weight excluding hydrogens is 206 g/mol. The normalized spacial score (nSPS) is 27.1. The highest BCUT2D eigenvalue weighted by Gasteiger charge is 2.50. The van der Waals surface area contributed by atoms with Gasteiger partial charge in [0, 0.05) is 0 Å². The van der Waals surface area contributed by atoms with Crippen molar-refractivity contribution in [3.8, 4) is 0 Å². The lowest BCUT2D eigenvalue weighted by atomic mass is 9.94. The van der Waals surface area contributed by atoms with Crippen molar-refractivity contribution in [3.05, 3.63) is 35.4 Å². The summed E-state index contributed by atoms with van der Waals surface area (Å²) >= 11 is 0. The summed E-state index contributed by atoms with van der Waals surface area (Å²) in [7, 11) is 0. The summed E-state index contributed by atoms with van der Waals surface area (Å²) in [6.07, 6.45) is 3.78. The van der Waals surface area contributed by atoms with Gasteiger partial charge in [-0.05, 0) is 48.4 Å². The first-order valence-corrected chi connectivity index (χ1v) is 7.00. The van der Waals surface area contributed by atoms with Crippen molar-refractivity contribution in [3.63, 3.8) is 0 Å². The van der Waals surface area contributed by atoms with E-state index in [2.05, 4.69) is 50.4 Å². The average molecular weight is 231 g/mol. The smallest absolute Gasteiger partial charge is 0.00119 e. The van der Waals surface area contributed by atoms with Crippen LogP contribution in [-0.2, 0) is 11.8 Å².